The lowest BCUT2D eigenvalue weighted by atomic mass is 9.98. The zero-order valence-corrected chi connectivity index (χ0v) is 16.9. The van der Waals surface area contributed by atoms with E-state index in [-0.39, 0.29) is 5.92 Å². The summed E-state index contributed by atoms with van der Waals surface area (Å²) in [6, 6.07) is 22.4. The van der Waals surface area contributed by atoms with Crippen molar-refractivity contribution in [1.29, 1.82) is 0 Å². The van der Waals surface area contributed by atoms with E-state index in [4.69, 9.17) is 10.5 Å². The second kappa shape index (κ2) is 8.75. The number of fused-ring (bicyclic) bond motifs is 3. The fraction of sp³-hybridized carbons (Fsp3) is 0.192. The highest BCUT2D eigenvalue weighted by Gasteiger charge is 2.28. The average Bonchev–Trinajstić information content (AvgIpc) is 3.07. The quantitative estimate of drug-likeness (QED) is 0.376. The number of benzene rings is 3. The number of hydrogen-bond donors (Lipinski definition) is 2. The van der Waals surface area contributed by atoms with Gasteiger partial charge >= 0.3 is 6.09 Å². The Morgan fingerprint density at radius 3 is 2.37 bits per heavy atom. The molecule has 0 bridgehead atoms. The summed E-state index contributed by atoms with van der Waals surface area (Å²) in [5.74, 6) is 6.15. The van der Waals surface area contributed by atoms with E-state index in [1.54, 1.807) is 0 Å². The number of rotatable bonds is 4. The van der Waals surface area contributed by atoms with Crippen molar-refractivity contribution in [1.82, 2.24) is 5.32 Å². The molecule has 3 aromatic carbocycles. The van der Waals surface area contributed by atoms with Crippen LogP contribution in [0.1, 0.15) is 34.6 Å². The fourth-order valence-corrected chi connectivity index (χ4v) is 3.83. The van der Waals surface area contributed by atoms with Crippen molar-refractivity contribution in [2.24, 2.45) is 0 Å². The molecule has 0 atom stereocenters. The molecule has 1 aliphatic rings. The molecule has 0 heterocycles. The molecule has 4 nitrogen and oxygen atoms in total. The number of nitrogens with two attached hydrogens (primary N) is 1. The third kappa shape index (κ3) is 4.16. The second-order valence-electron chi connectivity index (χ2n) is 7.39. The van der Waals surface area contributed by atoms with Crippen molar-refractivity contribution in [2.45, 2.75) is 19.3 Å². The zero-order chi connectivity index (χ0) is 20.9. The molecule has 0 saturated carbocycles. The molecule has 0 fully saturated rings. The van der Waals surface area contributed by atoms with Crippen LogP contribution in [0.2, 0.25) is 0 Å². The van der Waals surface area contributed by atoms with E-state index in [0.717, 1.165) is 11.1 Å². The van der Waals surface area contributed by atoms with Gasteiger partial charge in [-0.2, -0.15) is 0 Å². The number of carbonyl (C=O) groups is 1. The molecule has 0 unspecified atom stereocenters. The lowest BCUT2D eigenvalue weighted by Crippen LogP contribution is -2.26. The second-order valence-corrected chi connectivity index (χ2v) is 7.39. The van der Waals surface area contributed by atoms with Gasteiger partial charge in [0, 0.05) is 30.1 Å². The predicted octanol–water partition coefficient (Wildman–Crippen LogP) is 4.86. The largest absolute Gasteiger partial charge is 0.449 e. The number of aryl methyl sites for hydroxylation is 1. The van der Waals surface area contributed by atoms with Gasteiger partial charge in [0.2, 0.25) is 0 Å². The Morgan fingerprint density at radius 2 is 1.70 bits per heavy atom. The third-order valence-corrected chi connectivity index (χ3v) is 5.29. The molecule has 4 rings (SSSR count). The van der Waals surface area contributed by atoms with Gasteiger partial charge in [-0.1, -0.05) is 66.4 Å². The van der Waals surface area contributed by atoms with Gasteiger partial charge in [-0.15, -0.1) is 0 Å². The first-order valence-electron chi connectivity index (χ1n) is 10.1. The van der Waals surface area contributed by atoms with Crippen molar-refractivity contribution in [3.05, 3.63) is 89.0 Å². The van der Waals surface area contributed by atoms with Gasteiger partial charge in [-0.25, -0.2) is 4.79 Å². The number of hydrogen-bond acceptors (Lipinski definition) is 3. The topological polar surface area (TPSA) is 64.3 Å². The van der Waals surface area contributed by atoms with Crippen LogP contribution in [-0.4, -0.2) is 19.2 Å². The smallest absolute Gasteiger partial charge is 0.407 e. The molecule has 0 aromatic heterocycles. The van der Waals surface area contributed by atoms with Crippen LogP contribution in [0.4, 0.5) is 10.5 Å². The zero-order valence-electron chi connectivity index (χ0n) is 16.9. The Hall–Kier alpha value is -3.71. The Kier molecular flexibility index (Phi) is 5.72. The first-order valence-corrected chi connectivity index (χ1v) is 10.1. The van der Waals surface area contributed by atoms with Gasteiger partial charge in [0.05, 0.1) is 0 Å². The molecule has 4 heteroatoms. The Labute approximate surface area is 177 Å². The molecule has 3 N–H and O–H groups in total. The van der Waals surface area contributed by atoms with E-state index < -0.39 is 6.09 Å². The lowest BCUT2D eigenvalue weighted by Gasteiger charge is -2.14. The molecule has 0 aliphatic heterocycles. The molecular formula is C26H24N2O2. The predicted molar refractivity (Wildman–Crippen MR) is 120 cm³/mol. The third-order valence-electron chi connectivity index (χ3n) is 5.29. The summed E-state index contributed by atoms with van der Waals surface area (Å²) in [6.45, 7) is 2.73. The van der Waals surface area contributed by atoms with Crippen LogP contribution in [0.25, 0.3) is 11.1 Å². The first-order chi connectivity index (χ1) is 14.6. The molecule has 3 aromatic rings. The van der Waals surface area contributed by atoms with E-state index in [1.165, 1.54) is 22.3 Å². The summed E-state index contributed by atoms with van der Waals surface area (Å²) in [5, 5.41) is 2.77. The van der Waals surface area contributed by atoms with Crippen molar-refractivity contribution in [2.75, 3.05) is 18.9 Å². The minimum absolute atomic E-state index is 0.0625. The highest BCUT2D eigenvalue weighted by atomic mass is 16.5. The van der Waals surface area contributed by atoms with Crippen molar-refractivity contribution in [3.63, 3.8) is 0 Å². The molecule has 150 valence electrons. The number of carbonyl (C=O) groups excluding carboxylic acids is 1. The van der Waals surface area contributed by atoms with E-state index >= 15 is 0 Å². The first kappa shape index (κ1) is 19.6. The Balaban J connectivity index is 1.29. The van der Waals surface area contributed by atoms with Crippen LogP contribution < -0.4 is 11.1 Å². The maximum atomic E-state index is 12.1. The van der Waals surface area contributed by atoms with Gasteiger partial charge in [0.1, 0.15) is 6.61 Å². The van der Waals surface area contributed by atoms with Gasteiger partial charge < -0.3 is 15.8 Å². The molecule has 30 heavy (non-hydrogen) atoms. The number of nitrogens with one attached hydrogen (secondary N) is 1. The Bertz CT molecular complexity index is 1100. The molecular weight excluding hydrogens is 372 g/mol. The average molecular weight is 396 g/mol. The molecule has 0 radical (unpaired) electrons. The van der Waals surface area contributed by atoms with Crippen LogP contribution in [0.15, 0.2) is 66.7 Å². The lowest BCUT2D eigenvalue weighted by molar-refractivity contribution is 0.143. The van der Waals surface area contributed by atoms with Crippen molar-refractivity contribution in [3.8, 4) is 23.0 Å². The van der Waals surface area contributed by atoms with E-state index in [9.17, 15) is 4.79 Å². The van der Waals surface area contributed by atoms with Crippen LogP contribution >= 0.6 is 0 Å². The fourth-order valence-electron chi connectivity index (χ4n) is 3.83. The highest BCUT2D eigenvalue weighted by Crippen LogP contribution is 2.44. The van der Waals surface area contributed by atoms with E-state index in [1.807, 2.05) is 49.4 Å². The van der Waals surface area contributed by atoms with Gasteiger partial charge in [-0.3, -0.25) is 0 Å². The molecule has 1 amide bonds. The number of anilines is 1. The molecule has 0 saturated heterocycles. The summed E-state index contributed by atoms with van der Waals surface area (Å²) >= 11 is 0. The van der Waals surface area contributed by atoms with Gasteiger partial charge in [0.15, 0.2) is 0 Å². The van der Waals surface area contributed by atoms with E-state index in [2.05, 4.69) is 41.4 Å². The van der Waals surface area contributed by atoms with Crippen molar-refractivity contribution < 1.29 is 9.53 Å². The number of ether oxygens (including phenoxy) is 1. The number of amides is 1. The monoisotopic (exact) mass is 396 g/mol. The van der Waals surface area contributed by atoms with E-state index in [0.29, 0.717) is 25.3 Å². The number of alkyl carbamates (subject to hydrolysis) is 1. The van der Waals surface area contributed by atoms with Gasteiger partial charge in [-0.05, 0) is 46.9 Å². The summed E-state index contributed by atoms with van der Waals surface area (Å²) in [6.07, 6.45) is 0.103. The standard InChI is InChI=1S/C26H24N2O2/c1-18-13-14-19(25(27)16-18)8-6-7-15-28-26(29)30-17-24-22-11-4-2-9-20(22)21-10-3-5-12-23(21)24/h2-5,9-14,16,24H,7,15,17,27H2,1H3,(H,28,29). The van der Waals surface area contributed by atoms with Crippen LogP contribution in [0.5, 0.6) is 0 Å². The maximum absolute atomic E-state index is 12.1. The molecule has 1 aliphatic carbocycles. The Morgan fingerprint density at radius 1 is 1.03 bits per heavy atom. The summed E-state index contributed by atoms with van der Waals surface area (Å²) < 4.78 is 5.52. The summed E-state index contributed by atoms with van der Waals surface area (Å²) in [7, 11) is 0. The summed E-state index contributed by atoms with van der Waals surface area (Å²) in [5.41, 5.74) is 13.4. The maximum Gasteiger partial charge on any atom is 0.407 e. The minimum Gasteiger partial charge on any atom is -0.449 e. The summed E-state index contributed by atoms with van der Waals surface area (Å²) in [4.78, 5) is 12.1. The van der Waals surface area contributed by atoms with Gasteiger partial charge in [0.25, 0.3) is 0 Å². The minimum atomic E-state index is -0.423. The molecule has 0 spiro atoms. The van der Waals surface area contributed by atoms with Crippen LogP contribution in [-0.2, 0) is 4.74 Å². The SMILES string of the molecule is Cc1ccc(C#CCCNC(=O)OCC2c3ccccc3-c3ccccc32)c(N)c1. The van der Waals surface area contributed by atoms with Crippen molar-refractivity contribution >= 4 is 11.8 Å². The highest BCUT2D eigenvalue weighted by molar-refractivity contribution is 5.79. The van der Waals surface area contributed by atoms with Crippen LogP contribution in [0.3, 0.4) is 0 Å². The normalized spacial score (nSPS) is 11.8. The van der Waals surface area contributed by atoms with Crippen LogP contribution in [0, 0.1) is 18.8 Å². The number of nitrogen functional groups attached to an aromatic ring is 1.